The molecule has 0 aromatic heterocycles. The Balaban J connectivity index is 2.42. The van der Waals surface area contributed by atoms with Gasteiger partial charge in [0, 0.05) is 12.2 Å². The van der Waals surface area contributed by atoms with E-state index < -0.39 is 6.61 Å². The third kappa shape index (κ3) is 4.60. The van der Waals surface area contributed by atoms with Crippen LogP contribution in [0.4, 0.5) is 14.5 Å². The van der Waals surface area contributed by atoms with Gasteiger partial charge in [-0.05, 0) is 37.2 Å². The fourth-order valence-electron chi connectivity index (χ4n) is 1.09. The summed E-state index contributed by atoms with van der Waals surface area (Å²) < 4.78 is 27.8. The lowest BCUT2D eigenvalue weighted by Gasteiger charge is -2.07. The molecule has 0 saturated carbocycles. The van der Waals surface area contributed by atoms with Gasteiger partial charge in [-0.25, -0.2) is 0 Å². The van der Waals surface area contributed by atoms with E-state index in [0.29, 0.717) is 6.54 Å². The van der Waals surface area contributed by atoms with Gasteiger partial charge in [0.05, 0.1) is 0 Å². The molecule has 1 rings (SSSR count). The molecule has 3 nitrogen and oxygen atoms in total. The summed E-state index contributed by atoms with van der Waals surface area (Å²) in [5, 5.41) is 3.10. The Morgan fingerprint density at radius 2 is 1.93 bits per heavy atom. The first kappa shape index (κ1) is 11.7. The maximum atomic E-state index is 11.8. The van der Waals surface area contributed by atoms with E-state index in [9.17, 15) is 8.78 Å². The fraction of sp³-hybridized carbons (Fsp3) is 0.400. The highest BCUT2D eigenvalue weighted by atomic mass is 19.3. The smallest absolute Gasteiger partial charge is 0.387 e. The molecule has 0 aliphatic carbocycles. The third-order valence-corrected chi connectivity index (χ3v) is 1.79. The van der Waals surface area contributed by atoms with Crippen molar-refractivity contribution >= 4 is 5.69 Å². The topological polar surface area (TPSA) is 47.3 Å². The molecule has 0 unspecified atom stereocenters. The Morgan fingerprint density at radius 3 is 2.47 bits per heavy atom. The van der Waals surface area contributed by atoms with E-state index in [2.05, 4.69) is 10.1 Å². The van der Waals surface area contributed by atoms with Gasteiger partial charge in [-0.15, -0.1) is 0 Å². The van der Waals surface area contributed by atoms with Crippen LogP contribution in [-0.2, 0) is 0 Å². The first-order chi connectivity index (χ1) is 7.22. The Labute approximate surface area is 87.2 Å². The highest BCUT2D eigenvalue weighted by molar-refractivity contribution is 5.46. The van der Waals surface area contributed by atoms with E-state index in [-0.39, 0.29) is 5.75 Å². The van der Waals surface area contributed by atoms with Crippen LogP contribution in [0.15, 0.2) is 24.3 Å². The minimum atomic E-state index is -2.78. The van der Waals surface area contributed by atoms with Crippen molar-refractivity contribution < 1.29 is 13.5 Å². The number of alkyl halides is 2. The number of ether oxygens (including phenoxy) is 1. The molecule has 0 radical (unpaired) electrons. The molecule has 0 bridgehead atoms. The molecule has 84 valence electrons. The van der Waals surface area contributed by atoms with Gasteiger partial charge in [-0.3, -0.25) is 0 Å². The van der Waals surface area contributed by atoms with Crippen LogP contribution in [-0.4, -0.2) is 19.7 Å². The van der Waals surface area contributed by atoms with Crippen LogP contribution in [0.1, 0.15) is 6.42 Å². The van der Waals surface area contributed by atoms with E-state index in [0.717, 1.165) is 18.7 Å². The van der Waals surface area contributed by atoms with Crippen molar-refractivity contribution in [1.82, 2.24) is 0 Å². The summed E-state index contributed by atoms with van der Waals surface area (Å²) in [7, 11) is 0. The van der Waals surface area contributed by atoms with Crippen molar-refractivity contribution in [2.75, 3.05) is 18.4 Å². The highest BCUT2D eigenvalue weighted by Crippen LogP contribution is 2.17. The molecule has 1 aromatic rings. The molecule has 0 aliphatic heterocycles. The number of anilines is 1. The van der Waals surface area contributed by atoms with Crippen LogP contribution in [0.3, 0.4) is 0 Å². The first-order valence-corrected chi connectivity index (χ1v) is 4.71. The average Bonchev–Trinajstić information content (AvgIpc) is 2.20. The lowest BCUT2D eigenvalue weighted by molar-refractivity contribution is -0.0498. The molecule has 0 saturated heterocycles. The Kier molecular flexibility index (Phi) is 4.83. The summed E-state index contributed by atoms with van der Waals surface area (Å²) in [6, 6.07) is 6.37. The largest absolute Gasteiger partial charge is 0.435 e. The SMILES string of the molecule is NCCCNc1ccc(OC(F)F)cc1. The van der Waals surface area contributed by atoms with Crippen LogP contribution in [0.5, 0.6) is 5.75 Å². The summed E-state index contributed by atoms with van der Waals surface area (Å²) in [6.45, 7) is -1.38. The summed E-state index contributed by atoms with van der Waals surface area (Å²) in [5.41, 5.74) is 6.19. The summed E-state index contributed by atoms with van der Waals surface area (Å²) in [6.07, 6.45) is 0.870. The van der Waals surface area contributed by atoms with Crippen molar-refractivity contribution in [3.63, 3.8) is 0 Å². The van der Waals surface area contributed by atoms with E-state index in [1.807, 2.05) is 0 Å². The number of nitrogens with two attached hydrogens (primary N) is 1. The molecule has 5 heteroatoms. The van der Waals surface area contributed by atoms with Crippen molar-refractivity contribution in [2.24, 2.45) is 5.73 Å². The molecule has 15 heavy (non-hydrogen) atoms. The zero-order valence-corrected chi connectivity index (χ0v) is 8.25. The number of halogens is 2. The predicted octanol–water partition coefficient (Wildman–Crippen LogP) is 2.05. The van der Waals surface area contributed by atoms with E-state index in [1.54, 1.807) is 12.1 Å². The Hall–Kier alpha value is -1.36. The maximum Gasteiger partial charge on any atom is 0.387 e. The molecule has 0 amide bonds. The lowest BCUT2D eigenvalue weighted by Crippen LogP contribution is -2.08. The van der Waals surface area contributed by atoms with Crippen LogP contribution >= 0.6 is 0 Å². The highest BCUT2D eigenvalue weighted by Gasteiger charge is 2.02. The lowest BCUT2D eigenvalue weighted by atomic mass is 10.3. The van der Waals surface area contributed by atoms with Crippen LogP contribution < -0.4 is 15.8 Å². The normalized spacial score (nSPS) is 10.4. The predicted molar refractivity (Wildman–Crippen MR) is 55.2 cm³/mol. The minimum Gasteiger partial charge on any atom is -0.435 e. The second-order valence-corrected chi connectivity index (χ2v) is 2.97. The Bertz CT molecular complexity index is 277. The molecule has 3 N–H and O–H groups in total. The second kappa shape index (κ2) is 6.19. The molecule has 1 aromatic carbocycles. The molecular weight excluding hydrogens is 202 g/mol. The second-order valence-electron chi connectivity index (χ2n) is 2.97. The van der Waals surface area contributed by atoms with Crippen molar-refractivity contribution in [3.8, 4) is 5.75 Å². The maximum absolute atomic E-state index is 11.8. The first-order valence-electron chi connectivity index (χ1n) is 4.71. The van der Waals surface area contributed by atoms with Crippen LogP contribution in [0, 0.1) is 0 Å². The summed E-state index contributed by atoms with van der Waals surface area (Å²) in [4.78, 5) is 0. The number of nitrogens with one attached hydrogen (secondary N) is 1. The van der Waals surface area contributed by atoms with Gasteiger partial charge >= 0.3 is 6.61 Å². The van der Waals surface area contributed by atoms with E-state index in [4.69, 9.17) is 5.73 Å². The number of hydrogen-bond donors (Lipinski definition) is 2. The monoisotopic (exact) mass is 216 g/mol. The van der Waals surface area contributed by atoms with E-state index in [1.165, 1.54) is 12.1 Å². The zero-order valence-electron chi connectivity index (χ0n) is 8.25. The van der Waals surface area contributed by atoms with Crippen LogP contribution in [0.25, 0.3) is 0 Å². The molecule has 0 heterocycles. The Morgan fingerprint density at radius 1 is 1.27 bits per heavy atom. The molecular formula is C10H14F2N2O. The molecule has 0 fully saturated rings. The molecule has 0 atom stereocenters. The summed E-state index contributed by atoms with van der Waals surface area (Å²) in [5.74, 6) is 0.161. The summed E-state index contributed by atoms with van der Waals surface area (Å²) >= 11 is 0. The molecule has 0 spiro atoms. The zero-order chi connectivity index (χ0) is 11.1. The van der Waals surface area contributed by atoms with Gasteiger partial charge in [-0.1, -0.05) is 0 Å². The number of benzene rings is 1. The molecule has 0 aliphatic rings. The van der Waals surface area contributed by atoms with Crippen molar-refractivity contribution in [1.29, 1.82) is 0 Å². The van der Waals surface area contributed by atoms with Gasteiger partial charge in [0.15, 0.2) is 0 Å². The quantitative estimate of drug-likeness (QED) is 0.715. The van der Waals surface area contributed by atoms with Crippen LogP contribution in [0.2, 0.25) is 0 Å². The third-order valence-electron chi connectivity index (χ3n) is 1.79. The van der Waals surface area contributed by atoms with Crippen molar-refractivity contribution in [3.05, 3.63) is 24.3 Å². The van der Waals surface area contributed by atoms with Gasteiger partial charge < -0.3 is 15.8 Å². The van der Waals surface area contributed by atoms with Gasteiger partial charge in [0.1, 0.15) is 5.75 Å². The number of rotatable bonds is 6. The average molecular weight is 216 g/mol. The standard InChI is InChI=1S/C10H14F2N2O/c11-10(12)15-9-4-2-8(3-5-9)14-7-1-6-13/h2-5,10,14H,1,6-7,13H2. The van der Waals surface area contributed by atoms with Gasteiger partial charge in [0.25, 0.3) is 0 Å². The van der Waals surface area contributed by atoms with Crippen molar-refractivity contribution in [2.45, 2.75) is 13.0 Å². The van der Waals surface area contributed by atoms with Gasteiger partial charge in [-0.2, -0.15) is 8.78 Å². The fourth-order valence-corrected chi connectivity index (χ4v) is 1.09. The number of hydrogen-bond acceptors (Lipinski definition) is 3. The van der Waals surface area contributed by atoms with E-state index >= 15 is 0 Å². The van der Waals surface area contributed by atoms with Gasteiger partial charge in [0.2, 0.25) is 0 Å². The minimum absolute atomic E-state index is 0.161.